The number of hydrazone groups is 1. The predicted octanol–water partition coefficient (Wildman–Crippen LogP) is 2.11. The number of rotatable bonds is 4. The number of fused-ring (bicyclic) bond motifs is 1. The number of likely N-dealkylation sites (tertiary alicyclic amines) is 1. The number of halogens is 2. The van der Waals surface area contributed by atoms with Gasteiger partial charge in [-0.3, -0.25) is 4.79 Å². The summed E-state index contributed by atoms with van der Waals surface area (Å²) in [5, 5.41) is 9.63. The molecule has 3 aromatic rings. The first-order valence-electron chi connectivity index (χ1n) is 10.3. The molecule has 170 valence electrons. The summed E-state index contributed by atoms with van der Waals surface area (Å²) in [6.45, 7) is 0.695. The molecular formula is C21H19F2N7O3. The molecule has 3 amide bonds. The van der Waals surface area contributed by atoms with E-state index in [0.29, 0.717) is 30.6 Å². The monoisotopic (exact) mass is 455 g/mol. The van der Waals surface area contributed by atoms with Crippen LogP contribution in [0.3, 0.4) is 0 Å². The van der Waals surface area contributed by atoms with Gasteiger partial charge in [0.1, 0.15) is 23.4 Å². The molecule has 4 heterocycles. The summed E-state index contributed by atoms with van der Waals surface area (Å²) in [5.41, 5.74) is 6.26. The predicted molar refractivity (Wildman–Crippen MR) is 112 cm³/mol. The Morgan fingerprint density at radius 1 is 1.15 bits per heavy atom. The van der Waals surface area contributed by atoms with Crippen molar-refractivity contribution >= 4 is 23.8 Å². The Hall–Kier alpha value is -4.09. The third-order valence-electron chi connectivity index (χ3n) is 5.59. The number of ether oxygens (including phenoxy) is 1. The van der Waals surface area contributed by atoms with E-state index in [2.05, 4.69) is 15.2 Å². The molecule has 1 aromatic carbocycles. The van der Waals surface area contributed by atoms with Gasteiger partial charge in [0.15, 0.2) is 5.65 Å². The fourth-order valence-corrected chi connectivity index (χ4v) is 4.04. The van der Waals surface area contributed by atoms with Crippen molar-refractivity contribution in [3.8, 4) is 5.88 Å². The SMILES string of the molecule is NC(=O)c1cnc2ccc(OC3CCN(C(=O)N4N=CCC4c4cc(F)cc(F)c4)C3)nn12. The van der Waals surface area contributed by atoms with E-state index in [0.717, 1.165) is 6.07 Å². The Morgan fingerprint density at radius 2 is 1.94 bits per heavy atom. The summed E-state index contributed by atoms with van der Waals surface area (Å²) in [6, 6.07) is 5.51. The molecule has 2 aromatic heterocycles. The topological polar surface area (TPSA) is 118 Å². The lowest BCUT2D eigenvalue weighted by atomic mass is 10.0. The Labute approximate surface area is 186 Å². The van der Waals surface area contributed by atoms with Gasteiger partial charge in [0.2, 0.25) is 5.88 Å². The first-order valence-corrected chi connectivity index (χ1v) is 10.3. The molecule has 1 saturated heterocycles. The highest BCUT2D eigenvalue weighted by Gasteiger charge is 2.36. The lowest BCUT2D eigenvalue weighted by Crippen LogP contribution is -2.40. The molecule has 12 heteroatoms. The standard InChI is InChI=1S/C21H19F2N7O3/c22-13-7-12(8-14(23)9-13)16-3-5-26-30(16)21(32)28-6-4-15(11-28)33-19-2-1-18-25-10-17(20(24)31)29(18)27-19/h1-2,5,7-10,15-16H,3-4,6,11H2,(H2,24,31). The van der Waals surface area contributed by atoms with Gasteiger partial charge in [-0.05, 0) is 23.8 Å². The van der Waals surface area contributed by atoms with E-state index in [4.69, 9.17) is 10.5 Å². The minimum Gasteiger partial charge on any atom is -0.471 e. The van der Waals surface area contributed by atoms with E-state index < -0.39 is 23.6 Å². The number of nitrogens with zero attached hydrogens (tertiary/aromatic N) is 6. The number of hydrogen-bond donors (Lipinski definition) is 1. The van der Waals surface area contributed by atoms with Crippen molar-refractivity contribution in [3.63, 3.8) is 0 Å². The third kappa shape index (κ3) is 3.95. The first-order chi connectivity index (χ1) is 15.9. The number of amides is 3. The number of imidazole rings is 1. The summed E-state index contributed by atoms with van der Waals surface area (Å²) in [7, 11) is 0. The molecule has 1 fully saturated rings. The highest BCUT2D eigenvalue weighted by atomic mass is 19.1. The van der Waals surface area contributed by atoms with E-state index in [1.54, 1.807) is 23.2 Å². The van der Waals surface area contributed by atoms with Crippen molar-refractivity contribution in [1.29, 1.82) is 0 Å². The van der Waals surface area contributed by atoms with E-state index >= 15 is 0 Å². The summed E-state index contributed by atoms with van der Waals surface area (Å²) >= 11 is 0. The van der Waals surface area contributed by atoms with Gasteiger partial charge in [-0.15, -0.1) is 5.10 Å². The molecule has 0 spiro atoms. The van der Waals surface area contributed by atoms with Gasteiger partial charge in [0, 0.05) is 37.7 Å². The number of carbonyl (C=O) groups excluding carboxylic acids is 2. The van der Waals surface area contributed by atoms with Gasteiger partial charge in [-0.1, -0.05) is 0 Å². The van der Waals surface area contributed by atoms with Crippen LogP contribution in [0.1, 0.15) is 34.9 Å². The van der Waals surface area contributed by atoms with Crippen molar-refractivity contribution < 1.29 is 23.1 Å². The minimum atomic E-state index is -0.708. The second kappa shape index (κ2) is 8.11. The summed E-state index contributed by atoms with van der Waals surface area (Å²) in [4.78, 5) is 30.2. The van der Waals surface area contributed by atoms with Crippen LogP contribution in [0.5, 0.6) is 5.88 Å². The van der Waals surface area contributed by atoms with Crippen LogP contribution in [-0.4, -0.2) is 61.9 Å². The molecule has 2 aliphatic heterocycles. The van der Waals surface area contributed by atoms with Crippen molar-refractivity contribution in [1.82, 2.24) is 24.5 Å². The fourth-order valence-electron chi connectivity index (χ4n) is 4.04. The minimum absolute atomic E-state index is 0.130. The molecule has 5 rings (SSSR count). The smallest absolute Gasteiger partial charge is 0.341 e. The van der Waals surface area contributed by atoms with Crippen LogP contribution in [0.25, 0.3) is 5.65 Å². The molecule has 2 unspecified atom stereocenters. The van der Waals surface area contributed by atoms with Crippen LogP contribution in [0.4, 0.5) is 13.6 Å². The Kier molecular flexibility index (Phi) is 5.11. The summed E-state index contributed by atoms with van der Waals surface area (Å²) in [6.07, 6.45) is 3.46. The maximum Gasteiger partial charge on any atom is 0.341 e. The fraction of sp³-hybridized carbons (Fsp3) is 0.286. The largest absolute Gasteiger partial charge is 0.471 e. The van der Waals surface area contributed by atoms with Crippen LogP contribution >= 0.6 is 0 Å². The maximum absolute atomic E-state index is 13.7. The van der Waals surface area contributed by atoms with E-state index in [-0.39, 0.29) is 30.3 Å². The lowest BCUT2D eigenvalue weighted by Gasteiger charge is -2.27. The van der Waals surface area contributed by atoms with Gasteiger partial charge >= 0.3 is 6.03 Å². The molecule has 0 saturated carbocycles. The number of nitrogens with two attached hydrogens (primary N) is 1. The van der Waals surface area contributed by atoms with E-state index in [1.165, 1.54) is 27.9 Å². The normalized spacial score (nSPS) is 20.1. The Bertz CT molecular complexity index is 1260. The Morgan fingerprint density at radius 3 is 2.70 bits per heavy atom. The summed E-state index contributed by atoms with van der Waals surface area (Å²) in [5.74, 6) is -1.82. The molecule has 0 aliphatic carbocycles. The first kappa shape index (κ1) is 20.8. The van der Waals surface area contributed by atoms with Gasteiger partial charge in [0.05, 0.1) is 18.8 Å². The van der Waals surface area contributed by atoms with E-state index in [9.17, 15) is 18.4 Å². The van der Waals surface area contributed by atoms with Crippen LogP contribution in [0.2, 0.25) is 0 Å². The van der Waals surface area contributed by atoms with Crippen LogP contribution in [-0.2, 0) is 0 Å². The van der Waals surface area contributed by atoms with Gasteiger partial charge in [-0.2, -0.15) is 5.10 Å². The molecule has 0 radical (unpaired) electrons. The maximum atomic E-state index is 13.7. The van der Waals surface area contributed by atoms with Crippen molar-refractivity contribution in [2.45, 2.75) is 25.0 Å². The number of hydrogen-bond acceptors (Lipinski definition) is 6. The van der Waals surface area contributed by atoms with Gasteiger partial charge in [0.25, 0.3) is 5.91 Å². The lowest BCUT2D eigenvalue weighted by molar-refractivity contribution is 0.0993. The number of urea groups is 1. The zero-order chi connectivity index (χ0) is 23.1. The molecule has 0 bridgehead atoms. The van der Waals surface area contributed by atoms with Crippen molar-refractivity contribution in [3.05, 3.63) is 59.4 Å². The van der Waals surface area contributed by atoms with Crippen LogP contribution in [0, 0.1) is 11.6 Å². The van der Waals surface area contributed by atoms with Crippen molar-refractivity contribution in [2.75, 3.05) is 13.1 Å². The van der Waals surface area contributed by atoms with Crippen LogP contribution < -0.4 is 10.5 Å². The van der Waals surface area contributed by atoms with Crippen LogP contribution in [0.15, 0.2) is 41.6 Å². The average molecular weight is 455 g/mol. The molecule has 2 atom stereocenters. The number of aromatic nitrogens is 3. The van der Waals surface area contributed by atoms with Gasteiger partial charge < -0.3 is 15.4 Å². The number of carbonyl (C=O) groups is 2. The highest BCUT2D eigenvalue weighted by molar-refractivity contribution is 5.91. The molecular weight excluding hydrogens is 436 g/mol. The van der Waals surface area contributed by atoms with E-state index in [1.807, 2.05) is 0 Å². The zero-order valence-corrected chi connectivity index (χ0v) is 17.3. The number of primary amides is 1. The molecule has 33 heavy (non-hydrogen) atoms. The molecule has 2 N–H and O–H groups in total. The molecule has 2 aliphatic rings. The number of benzene rings is 1. The third-order valence-corrected chi connectivity index (χ3v) is 5.59. The van der Waals surface area contributed by atoms with Crippen molar-refractivity contribution in [2.24, 2.45) is 10.8 Å². The second-order valence-corrected chi connectivity index (χ2v) is 7.80. The highest BCUT2D eigenvalue weighted by Crippen LogP contribution is 2.31. The zero-order valence-electron chi connectivity index (χ0n) is 17.3. The second-order valence-electron chi connectivity index (χ2n) is 7.80. The average Bonchev–Trinajstić information content (AvgIpc) is 3.51. The Balaban J connectivity index is 1.27. The quantitative estimate of drug-likeness (QED) is 0.647. The van der Waals surface area contributed by atoms with Gasteiger partial charge in [-0.25, -0.2) is 28.1 Å². The molecule has 10 nitrogen and oxygen atoms in total. The summed E-state index contributed by atoms with van der Waals surface area (Å²) < 4.78 is 34.5.